The van der Waals surface area contributed by atoms with Gasteiger partial charge in [0.1, 0.15) is 12.4 Å². The molecule has 0 spiro atoms. The van der Waals surface area contributed by atoms with Crippen LogP contribution in [0.15, 0.2) is 18.2 Å². The molecule has 0 fully saturated rings. The Hall–Kier alpha value is -1.18. The van der Waals surface area contributed by atoms with Crippen LogP contribution in [0.3, 0.4) is 0 Å². The molecule has 0 radical (unpaired) electrons. The maximum absolute atomic E-state index is 13.1. The van der Waals surface area contributed by atoms with Gasteiger partial charge in [-0.2, -0.15) is 13.2 Å². The Morgan fingerprint density at radius 2 is 2.05 bits per heavy atom. The van der Waals surface area contributed by atoms with Crippen LogP contribution < -0.4 is 11.3 Å². The first-order chi connectivity index (χ1) is 8.83. The number of nitrogens with two attached hydrogens (primary N) is 1. The average Bonchev–Trinajstić information content (AvgIpc) is 2.32. The van der Waals surface area contributed by atoms with E-state index in [-0.39, 0.29) is 24.9 Å². The number of halogens is 4. The van der Waals surface area contributed by atoms with Gasteiger partial charge < -0.3 is 4.74 Å². The van der Waals surface area contributed by atoms with E-state index in [1.807, 2.05) is 0 Å². The predicted molar refractivity (Wildman–Crippen MR) is 62.7 cm³/mol. The van der Waals surface area contributed by atoms with E-state index in [2.05, 4.69) is 10.2 Å². The summed E-state index contributed by atoms with van der Waals surface area (Å²) < 4.78 is 53.2. The van der Waals surface area contributed by atoms with Gasteiger partial charge in [0.25, 0.3) is 0 Å². The van der Waals surface area contributed by atoms with Crippen molar-refractivity contribution in [3.05, 3.63) is 35.1 Å². The zero-order valence-electron chi connectivity index (χ0n) is 10.4. The lowest BCUT2D eigenvalue weighted by atomic mass is 10.0. The first-order valence-electron chi connectivity index (χ1n) is 5.70. The summed E-state index contributed by atoms with van der Waals surface area (Å²) in [5.74, 6) is 5.00. The van der Waals surface area contributed by atoms with E-state index in [0.717, 1.165) is 0 Å². The lowest BCUT2D eigenvalue weighted by molar-refractivity contribution is -0.174. The van der Waals surface area contributed by atoms with Gasteiger partial charge in [0.15, 0.2) is 0 Å². The van der Waals surface area contributed by atoms with Crippen molar-refractivity contribution in [2.24, 2.45) is 5.84 Å². The molecule has 7 heteroatoms. The van der Waals surface area contributed by atoms with Gasteiger partial charge in [0.2, 0.25) is 0 Å². The zero-order valence-corrected chi connectivity index (χ0v) is 10.4. The Balaban J connectivity index is 2.51. The second-order valence-electron chi connectivity index (χ2n) is 4.18. The summed E-state index contributed by atoms with van der Waals surface area (Å²) in [5.41, 5.74) is 3.64. The number of nitrogens with one attached hydrogen (secondary N) is 1. The molecular formula is C12H16F4N2O. The largest absolute Gasteiger partial charge is 0.411 e. The molecular weight excluding hydrogens is 264 g/mol. The molecule has 1 atom stereocenters. The molecule has 0 aliphatic rings. The monoisotopic (exact) mass is 280 g/mol. The van der Waals surface area contributed by atoms with E-state index in [9.17, 15) is 17.6 Å². The van der Waals surface area contributed by atoms with E-state index < -0.39 is 12.8 Å². The summed E-state index contributed by atoms with van der Waals surface area (Å²) in [4.78, 5) is 0. The van der Waals surface area contributed by atoms with Crippen LogP contribution in [0, 0.1) is 12.7 Å². The van der Waals surface area contributed by atoms with Gasteiger partial charge in [-0.3, -0.25) is 11.3 Å². The molecule has 0 amide bonds. The molecule has 1 unspecified atom stereocenters. The highest BCUT2D eigenvalue weighted by Crippen LogP contribution is 2.20. The molecule has 3 N–H and O–H groups in total. The molecule has 3 nitrogen and oxygen atoms in total. The molecule has 0 heterocycles. The molecule has 19 heavy (non-hydrogen) atoms. The molecule has 0 aromatic heterocycles. The molecule has 1 aromatic carbocycles. The third kappa shape index (κ3) is 5.54. The fourth-order valence-electron chi connectivity index (χ4n) is 1.62. The number of aryl methyl sites for hydroxylation is 1. The minimum Gasteiger partial charge on any atom is -0.372 e. The fraction of sp³-hybridized carbons (Fsp3) is 0.500. The third-order valence-corrected chi connectivity index (χ3v) is 2.60. The number of hydrogen-bond acceptors (Lipinski definition) is 3. The SMILES string of the molecule is Cc1cc(C(CCOCC(F)(F)F)NN)ccc1F. The Labute approximate surface area is 108 Å². The molecule has 108 valence electrons. The van der Waals surface area contributed by atoms with Crippen LogP contribution in [0.2, 0.25) is 0 Å². The molecule has 1 aromatic rings. The standard InChI is InChI=1S/C12H16F4N2O/c1-8-6-9(2-3-10(8)13)11(18-17)4-5-19-7-12(14,15)16/h2-3,6,11,18H,4-5,7,17H2,1H3. The molecule has 0 bridgehead atoms. The Morgan fingerprint density at radius 1 is 1.37 bits per heavy atom. The summed E-state index contributed by atoms with van der Waals surface area (Å²) >= 11 is 0. The molecule has 0 saturated carbocycles. The summed E-state index contributed by atoms with van der Waals surface area (Å²) in [7, 11) is 0. The van der Waals surface area contributed by atoms with Crippen molar-refractivity contribution >= 4 is 0 Å². The zero-order chi connectivity index (χ0) is 14.5. The third-order valence-electron chi connectivity index (χ3n) is 2.60. The number of ether oxygens (including phenoxy) is 1. The van der Waals surface area contributed by atoms with Crippen LogP contribution in [0.5, 0.6) is 0 Å². The Morgan fingerprint density at radius 3 is 2.58 bits per heavy atom. The highest BCUT2D eigenvalue weighted by Gasteiger charge is 2.27. The van der Waals surface area contributed by atoms with Crippen LogP contribution in [0.1, 0.15) is 23.6 Å². The number of alkyl halides is 3. The topological polar surface area (TPSA) is 47.3 Å². The fourth-order valence-corrected chi connectivity index (χ4v) is 1.62. The summed E-state index contributed by atoms with van der Waals surface area (Å²) in [6.07, 6.45) is -4.07. The second kappa shape index (κ2) is 6.83. The first kappa shape index (κ1) is 15.9. The molecule has 0 saturated heterocycles. The van der Waals surface area contributed by atoms with Crippen molar-refractivity contribution in [3.8, 4) is 0 Å². The van der Waals surface area contributed by atoms with Gasteiger partial charge in [-0.1, -0.05) is 12.1 Å². The van der Waals surface area contributed by atoms with Gasteiger partial charge in [0.05, 0.1) is 0 Å². The van der Waals surface area contributed by atoms with Gasteiger partial charge in [-0.15, -0.1) is 0 Å². The molecule has 0 aliphatic heterocycles. The summed E-state index contributed by atoms with van der Waals surface area (Å²) in [6.45, 7) is 0.226. The van der Waals surface area contributed by atoms with E-state index >= 15 is 0 Å². The normalized spacial score (nSPS) is 13.6. The van der Waals surface area contributed by atoms with Crippen LogP contribution in [0.4, 0.5) is 17.6 Å². The number of benzene rings is 1. The van der Waals surface area contributed by atoms with E-state index in [1.54, 1.807) is 13.0 Å². The minimum atomic E-state index is -4.34. The Kier molecular flexibility index (Phi) is 5.71. The minimum absolute atomic E-state index is 0.0925. The van der Waals surface area contributed by atoms with Crippen LogP contribution >= 0.6 is 0 Å². The number of hydrogen-bond donors (Lipinski definition) is 2. The predicted octanol–water partition coefficient (Wildman–Crippen LogP) is 2.61. The lowest BCUT2D eigenvalue weighted by Crippen LogP contribution is -2.29. The summed E-state index contributed by atoms with van der Waals surface area (Å²) in [5, 5.41) is 0. The van der Waals surface area contributed by atoms with Crippen molar-refractivity contribution in [1.29, 1.82) is 0 Å². The maximum atomic E-state index is 13.1. The molecule has 0 aliphatic carbocycles. The van der Waals surface area contributed by atoms with Gasteiger partial charge in [-0.25, -0.2) is 4.39 Å². The van der Waals surface area contributed by atoms with Crippen molar-refractivity contribution in [1.82, 2.24) is 5.43 Å². The van der Waals surface area contributed by atoms with Crippen LogP contribution in [-0.2, 0) is 4.74 Å². The van der Waals surface area contributed by atoms with Crippen LogP contribution in [-0.4, -0.2) is 19.4 Å². The lowest BCUT2D eigenvalue weighted by Gasteiger charge is -2.17. The summed E-state index contributed by atoms with van der Waals surface area (Å²) in [6, 6.07) is 4.05. The highest BCUT2D eigenvalue weighted by molar-refractivity contribution is 5.26. The smallest absolute Gasteiger partial charge is 0.372 e. The average molecular weight is 280 g/mol. The van der Waals surface area contributed by atoms with E-state index in [0.29, 0.717) is 11.1 Å². The number of hydrazine groups is 1. The van der Waals surface area contributed by atoms with Crippen molar-refractivity contribution in [2.45, 2.75) is 25.6 Å². The van der Waals surface area contributed by atoms with Crippen LogP contribution in [0.25, 0.3) is 0 Å². The maximum Gasteiger partial charge on any atom is 0.411 e. The van der Waals surface area contributed by atoms with Gasteiger partial charge >= 0.3 is 6.18 Å². The van der Waals surface area contributed by atoms with Gasteiger partial charge in [0, 0.05) is 12.6 Å². The second-order valence-corrected chi connectivity index (χ2v) is 4.18. The number of rotatable bonds is 6. The quantitative estimate of drug-likeness (QED) is 0.364. The highest BCUT2D eigenvalue weighted by atomic mass is 19.4. The van der Waals surface area contributed by atoms with Gasteiger partial charge in [-0.05, 0) is 30.5 Å². The first-order valence-corrected chi connectivity index (χ1v) is 5.70. The Bertz CT molecular complexity index is 409. The van der Waals surface area contributed by atoms with Crippen molar-refractivity contribution < 1.29 is 22.3 Å². The van der Waals surface area contributed by atoms with Crippen molar-refractivity contribution in [2.75, 3.05) is 13.2 Å². The van der Waals surface area contributed by atoms with E-state index in [4.69, 9.17) is 5.84 Å². The van der Waals surface area contributed by atoms with E-state index in [1.165, 1.54) is 12.1 Å². The van der Waals surface area contributed by atoms with Crippen molar-refractivity contribution in [3.63, 3.8) is 0 Å². The molecule has 1 rings (SSSR count).